The minimum absolute atomic E-state index is 0.0703. The number of aryl methyl sites for hydroxylation is 1. The fraction of sp³-hybridized carbons (Fsp3) is 0.133. The van der Waals surface area contributed by atoms with Crippen molar-refractivity contribution in [2.45, 2.75) is 12.1 Å². The first-order valence-electron chi connectivity index (χ1n) is 6.18. The summed E-state index contributed by atoms with van der Waals surface area (Å²) in [4.78, 5) is 11.4. The number of rotatable bonds is 6. The number of carboxylic acid groups (broad SMARTS) is 1. The lowest BCUT2D eigenvalue weighted by Crippen LogP contribution is -1.97. The van der Waals surface area contributed by atoms with Gasteiger partial charge in [-0.25, -0.2) is 4.79 Å². The van der Waals surface area contributed by atoms with E-state index < -0.39 is 5.97 Å². The second kappa shape index (κ2) is 7.33. The molecule has 0 spiro atoms. The Hall–Kier alpha value is -2.72. The molecule has 0 aliphatic rings. The molecular weight excluding hydrogens is 304 g/mol. The van der Waals surface area contributed by atoms with E-state index in [-0.39, 0.29) is 16.7 Å². The smallest absolute Gasteiger partial charge is 0.342 e. The molecule has 0 radical (unpaired) electrons. The molecule has 0 saturated heterocycles. The van der Waals surface area contributed by atoms with Gasteiger partial charge in [0.1, 0.15) is 17.3 Å². The van der Waals surface area contributed by atoms with Gasteiger partial charge in [0.2, 0.25) is 5.89 Å². The lowest BCUT2D eigenvalue weighted by molar-refractivity contribution is -0.131. The average molecular weight is 316 g/mol. The Morgan fingerprint density at radius 1 is 1.45 bits per heavy atom. The van der Waals surface area contributed by atoms with E-state index in [0.29, 0.717) is 17.2 Å². The third-order valence-corrected chi connectivity index (χ3v) is 3.27. The first kappa shape index (κ1) is 15.7. The van der Waals surface area contributed by atoms with Crippen LogP contribution in [0.2, 0.25) is 0 Å². The van der Waals surface area contributed by atoms with Crippen LogP contribution < -0.4 is 4.74 Å². The molecule has 22 heavy (non-hydrogen) atoms. The van der Waals surface area contributed by atoms with Gasteiger partial charge in [0, 0.05) is 6.92 Å². The number of nitrogens with zero attached hydrogens (tertiary/aromatic N) is 2. The minimum atomic E-state index is -1.08. The predicted octanol–water partition coefficient (Wildman–Crippen LogP) is 2.61. The van der Waals surface area contributed by atoms with Crippen molar-refractivity contribution < 1.29 is 19.1 Å². The molecule has 2 rings (SSSR count). The second-order valence-electron chi connectivity index (χ2n) is 4.06. The normalized spacial score (nSPS) is 11.0. The summed E-state index contributed by atoms with van der Waals surface area (Å²) in [6, 6.07) is 6.89. The Bertz CT molecular complexity index is 729. The number of carboxylic acids is 1. The molecule has 1 aromatic heterocycles. The molecule has 0 fully saturated rings. The van der Waals surface area contributed by atoms with Crippen LogP contribution in [0.25, 0.3) is 6.08 Å². The highest BCUT2D eigenvalue weighted by molar-refractivity contribution is 8.03. The van der Waals surface area contributed by atoms with Gasteiger partial charge in [-0.2, -0.15) is 0 Å². The van der Waals surface area contributed by atoms with Gasteiger partial charge in [0.25, 0.3) is 5.22 Å². The van der Waals surface area contributed by atoms with E-state index in [1.807, 2.05) is 0 Å². The highest BCUT2D eigenvalue weighted by atomic mass is 32.2. The zero-order valence-electron chi connectivity index (χ0n) is 11.6. The maximum absolute atomic E-state index is 11.3. The third kappa shape index (κ3) is 4.40. The van der Waals surface area contributed by atoms with Gasteiger partial charge in [0.15, 0.2) is 0 Å². The molecule has 0 aliphatic carbocycles. The number of carbonyl (C=O) groups is 1. The summed E-state index contributed by atoms with van der Waals surface area (Å²) in [6.45, 7) is 1.82. The predicted molar refractivity (Wildman–Crippen MR) is 81.3 cm³/mol. The summed E-state index contributed by atoms with van der Waals surface area (Å²) >= 11 is 0.894. The molecule has 1 N–H and O–H groups in total. The van der Waals surface area contributed by atoms with Gasteiger partial charge in [-0.15, -0.1) is 16.6 Å². The Labute approximate surface area is 131 Å². The summed E-state index contributed by atoms with van der Waals surface area (Å²) in [5.41, 5.74) is 0.703. The SMILES string of the molecule is C#CCOc1ccc(/C=C(\Sc2nnc(C)o2)C(=O)O)cc1. The number of benzene rings is 1. The number of aliphatic carboxylic acids is 1. The Kier molecular flexibility index (Phi) is 5.22. The van der Waals surface area contributed by atoms with Crippen molar-refractivity contribution in [3.05, 3.63) is 40.6 Å². The topological polar surface area (TPSA) is 85.5 Å². The monoisotopic (exact) mass is 316 g/mol. The maximum atomic E-state index is 11.3. The standard InChI is InChI=1S/C15H12N2O4S/c1-3-8-20-12-6-4-11(5-7-12)9-13(14(18)19)22-15-17-16-10(2)21-15/h1,4-7,9H,8H2,2H3,(H,18,19)/b13-9-. The molecule has 0 saturated carbocycles. The zero-order chi connectivity index (χ0) is 15.9. The van der Waals surface area contributed by atoms with E-state index in [2.05, 4.69) is 16.1 Å². The van der Waals surface area contributed by atoms with Crippen molar-refractivity contribution in [2.24, 2.45) is 0 Å². The fourth-order valence-electron chi connectivity index (χ4n) is 1.49. The molecule has 7 heteroatoms. The molecule has 0 unspecified atom stereocenters. The molecule has 0 amide bonds. The quantitative estimate of drug-likeness (QED) is 0.498. The van der Waals surface area contributed by atoms with E-state index in [1.165, 1.54) is 6.08 Å². The summed E-state index contributed by atoms with van der Waals surface area (Å²) < 4.78 is 10.4. The lowest BCUT2D eigenvalue weighted by atomic mass is 10.2. The van der Waals surface area contributed by atoms with Crippen LogP contribution in [0, 0.1) is 19.3 Å². The largest absolute Gasteiger partial charge is 0.481 e. The van der Waals surface area contributed by atoms with Crippen LogP contribution in [0.15, 0.2) is 38.8 Å². The summed E-state index contributed by atoms with van der Waals surface area (Å²) in [6.07, 6.45) is 6.62. The van der Waals surface area contributed by atoms with Crippen LogP contribution >= 0.6 is 11.8 Å². The summed E-state index contributed by atoms with van der Waals surface area (Å²) in [5.74, 6) is 2.29. The van der Waals surface area contributed by atoms with Crippen LogP contribution in [0.5, 0.6) is 5.75 Å². The zero-order valence-corrected chi connectivity index (χ0v) is 12.5. The van der Waals surface area contributed by atoms with Gasteiger partial charge >= 0.3 is 5.97 Å². The highest BCUT2D eigenvalue weighted by Gasteiger charge is 2.14. The first-order chi connectivity index (χ1) is 10.6. The van der Waals surface area contributed by atoms with E-state index in [4.69, 9.17) is 15.6 Å². The van der Waals surface area contributed by atoms with Crippen LogP contribution in [-0.2, 0) is 4.79 Å². The van der Waals surface area contributed by atoms with Crippen molar-refractivity contribution in [3.8, 4) is 18.1 Å². The van der Waals surface area contributed by atoms with Crippen LogP contribution in [-0.4, -0.2) is 27.9 Å². The van der Waals surface area contributed by atoms with Crippen molar-refractivity contribution in [1.29, 1.82) is 0 Å². The van der Waals surface area contributed by atoms with Gasteiger partial charge in [-0.3, -0.25) is 0 Å². The van der Waals surface area contributed by atoms with Gasteiger partial charge in [-0.1, -0.05) is 18.1 Å². The van der Waals surface area contributed by atoms with E-state index in [0.717, 1.165) is 11.8 Å². The summed E-state index contributed by atoms with van der Waals surface area (Å²) in [7, 11) is 0. The molecule has 2 aromatic rings. The van der Waals surface area contributed by atoms with Crippen LogP contribution in [0.4, 0.5) is 0 Å². The van der Waals surface area contributed by atoms with Crippen molar-refractivity contribution in [1.82, 2.24) is 10.2 Å². The van der Waals surface area contributed by atoms with Gasteiger partial charge in [0.05, 0.1) is 0 Å². The molecule has 1 heterocycles. The first-order valence-corrected chi connectivity index (χ1v) is 6.99. The number of thioether (sulfide) groups is 1. The number of hydrogen-bond acceptors (Lipinski definition) is 6. The van der Waals surface area contributed by atoms with E-state index >= 15 is 0 Å². The molecule has 1 aromatic carbocycles. The van der Waals surface area contributed by atoms with Crippen molar-refractivity contribution in [2.75, 3.05) is 6.61 Å². The van der Waals surface area contributed by atoms with Crippen LogP contribution in [0.1, 0.15) is 11.5 Å². The van der Waals surface area contributed by atoms with Crippen LogP contribution in [0.3, 0.4) is 0 Å². The second-order valence-corrected chi connectivity index (χ2v) is 5.06. The molecule has 0 atom stereocenters. The number of ether oxygens (including phenoxy) is 1. The fourth-order valence-corrected chi connectivity index (χ4v) is 2.20. The number of hydrogen-bond donors (Lipinski definition) is 1. The Morgan fingerprint density at radius 2 is 2.18 bits per heavy atom. The lowest BCUT2D eigenvalue weighted by Gasteiger charge is -2.03. The van der Waals surface area contributed by atoms with Gasteiger partial charge in [-0.05, 0) is 35.5 Å². The average Bonchev–Trinajstić information content (AvgIpc) is 2.91. The molecular formula is C15H12N2O4S. The minimum Gasteiger partial charge on any atom is -0.481 e. The molecule has 6 nitrogen and oxygen atoms in total. The maximum Gasteiger partial charge on any atom is 0.342 e. The van der Waals surface area contributed by atoms with Gasteiger partial charge < -0.3 is 14.3 Å². The Morgan fingerprint density at radius 3 is 2.73 bits per heavy atom. The number of terminal acetylenes is 1. The van der Waals surface area contributed by atoms with Crippen molar-refractivity contribution >= 4 is 23.8 Å². The highest BCUT2D eigenvalue weighted by Crippen LogP contribution is 2.27. The van der Waals surface area contributed by atoms with E-state index in [9.17, 15) is 9.90 Å². The van der Waals surface area contributed by atoms with Crippen molar-refractivity contribution in [3.63, 3.8) is 0 Å². The Balaban J connectivity index is 2.15. The molecule has 0 bridgehead atoms. The van der Waals surface area contributed by atoms with E-state index in [1.54, 1.807) is 31.2 Å². The molecule has 112 valence electrons. The third-order valence-electron chi connectivity index (χ3n) is 2.42. The molecule has 0 aliphatic heterocycles. The number of aromatic nitrogens is 2. The summed E-state index contributed by atoms with van der Waals surface area (Å²) in [5, 5.41) is 16.8.